The van der Waals surface area contributed by atoms with Crippen LogP contribution in [0.25, 0.3) is 0 Å². The molecule has 0 atom stereocenters. The third kappa shape index (κ3) is 5.01. The Labute approximate surface area is 195 Å². The van der Waals surface area contributed by atoms with Gasteiger partial charge in [-0.05, 0) is 45.1 Å². The molecule has 2 aromatic rings. The molecule has 0 unspecified atom stereocenters. The monoisotopic (exact) mass is 456 g/mol. The first-order valence-electron chi connectivity index (χ1n) is 11.8. The molecule has 172 valence electrons. The SMILES string of the molecule is Cc1ccc(Cn2nc(C)c(C(=O)N3CCC(C(=O)N4CCCCCC4)CC3)c2Cl)cc1. The largest absolute Gasteiger partial charge is 0.342 e. The highest BCUT2D eigenvalue weighted by Crippen LogP contribution is 2.27. The number of piperidine rings is 1. The standard InChI is InChI=1S/C25H33ClN4O2/c1-18-7-9-20(10-8-18)17-30-23(26)22(19(2)27-30)25(32)29-15-11-21(12-16-29)24(31)28-13-5-3-4-6-14-28/h7-10,21H,3-6,11-17H2,1-2H3. The van der Waals surface area contributed by atoms with Crippen LogP contribution in [0.4, 0.5) is 0 Å². The highest BCUT2D eigenvalue weighted by atomic mass is 35.5. The maximum absolute atomic E-state index is 13.3. The van der Waals surface area contributed by atoms with Crippen LogP contribution in [0.2, 0.25) is 5.15 Å². The molecule has 0 N–H and O–H groups in total. The fourth-order valence-electron chi connectivity index (χ4n) is 4.80. The van der Waals surface area contributed by atoms with E-state index >= 15 is 0 Å². The van der Waals surface area contributed by atoms with Crippen LogP contribution in [-0.4, -0.2) is 57.6 Å². The van der Waals surface area contributed by atoms with E-state index < -0.39 is 0 Å². The minimum absolute atomic E-state index is 0.0259. The van der Waals surface area contributed by atoms with Gasteiger partial charge in [0.2, 0.25) is 5.91 Å². The predicted octanol–water partition coefficient (Wildman–Crippen LogP) is 4.46. The predicted molar refractivity (Wildman–Crippen MR) is 126 cm³/mol. The molecule has 0 bridgehead atoms. The Morgan fingerprint density at radius 2 is 1.56 bits per heavy atom. The Balaban J connectivity index is 1.39. The van der Waals surface area contributed by atoms with Gasteiger partial charge in [0.1, 0.15) is 5.15 Å². The second kappa shape index (κ2) is 10.1. The summed E-state index contributed by atoms with van der Waals surface area (Å²) in [5.74, 6) is 0.223. The van der Waals surface area contributed by atoms with Crippen molar-refractivity contribution in [3.63, 3.8) is 0 Å². The van der Waals surface area contributed by atoms with E-state index in [0.29, 0.717) is 36.0 Å². The molecule has 2 fully saturated rings. The first-order valence-corrected chi connectivity index (χ1v) is 12.2. The average Bonchev–Trinajstić information content (AvgIpc) is 2.97. The Bertz CT molecular complexity index is 953. The zero-order valence-electron chi connectivity index (χ0n) is 19.1. The van der Waals surface area contributed by atoms with Crippen LogP contribution in [0.1, 0.15) is 65.7 Å². The summed E-state index contributed by atoms with van der Waals surface area (Å²) in [6.07, 6.45) is 6.08. The number of halogens is 1. The van der Waals surface area contributed by atoms with Crippen LogP contribution in [0.15, 0.2) is 24.3 Å². The van der Waals surface area contributed by atoms with Crippen LogP contribution in [0.3, 0.4) is 0 Å². The Morgan fingerprint density at radius 3 is 2.19 bits per heavy atom. The van der Waals surface area contributed by atoms with Crippen molar-refractivity contribution in [1.29, 1.82) is 0 Å². The first-order chi connectivity index (χ1) is 15.4. The number of aryl methyl sites for hydroxylation is 2. The quantitative estimate of drug-likeness (QED) is 0.682. The van der Waals surface area contributed by atoms with Gasteiger partial charge in [-0.15, -0.1) is 0 Å². The minimum atomic E-state index is -0.0803. The van der Waals surface area contributed by atoms with Crippen molar-refractivity contribution in [3.8, 4) is 0 Å². The summed E-state index contributed by atoms with van der Waals surface area (Å²) >= 11 is 6.61. The van der Waals surface area contributed by atoms with Gasteiger partial charge in [-0.3, -0.25) is 9.59 Å². The number of nitrogens with zero attached hydrogens (tertiary/aromatic N) is 4. The van der Waals surface area contributed by atoms with Crippen molar-refractivity contribution >= 4 is 23.4 Å². The molecule has 2 amide bonds. The van der Waals surface area contributed by atoms with E-state index in [1.165, 1.54) is 18.4 Å². The van der Waals surface area contributed by atoms with Crippen molar-refractivity contribution < 1.29 is 9.59 Å². The fourth-order valence-corrected chi connectivity index (χ4v) is 5.12. The normalized spacial score (nSPS) is 18.0. The maximum atomic E-state index is 13.3. The summed E-state index contributed by atoms with van der Waals surface area (Å²) < 4.78 is 1.70. The topological polar surface area (TPSA) is 58.4 Å². The van der Waals surface area contributed by atoms with Gasteiger partial charge < -0.3 is 9.80 Å². The summed E-state index contributed by atoms with van der Waals surface area (Å²) in [7, 11) is 0. The van der Waals surface area contributed by atoms with Gasteiger partial charge in [-0.25, -0.2) is 4.68 Å². The Kier molecular flexibility index (Phi) is 7.19. The second-order valence-corrected chi connectivity index (χ2v) is 9.56. The summed E-state index contributed by atoms with van der Waals surface area (Å²) in [5.41, 5.74) is 3.42. The van der Waals surface area contributed by atoms with Gasteiger partial charge in [-0.2, -0.15) is 5.10 Å². The number of aromatic nitrogens is 2. The van der Waals surface area contributed by atoms with Gasteiger partial charge in [-0.1, -0.05) is 54.3 Å². The highest BCUT2D eigenvalue weighted by Gasteiger charge is 2.32. The molecule has 3 heterocycles. The van der Waals surface area contributed by atoms with Gasteiger partial charge in [0.05, 0.1) is 17.8 Å². The molecule has 2 aliphatic rings. The first kappa shape index (κ1) is 22.8. The number of benzene rings is 1. The molecule has 6 nitrogen and oxygen atoms in total. The van der Waals surface area contributed by atoms with Crippen LogP contribution < -0.4 is 0 Å². The molecule has 32 heavy (non-hydrogen) atoms. The van der Waals surface area contributed by atoms with Crippen LogP contribution in [-0.2, 0) is 11.3 Å². The van der Waals surface area contributed by atoms with Crippen molar-refractivity contribution in [2.24, 2.45) is 5.92 Å². The van der Waals surface area contributed by atoms with E-state index in [-0.39, 0.29) is 17.7 Å². The van der Waals surface area contributed by atoms with Crippen molar-refractivity contribution in [1.82, 2.24) is 19.6 Å². The van der Waals surface area contributed by atoms with Gasteiger partial charge >= 0.3 is 0 Å². The zero-order valence-corrected chi connectivity index (χ0v) is 19.9. The zero-order chi connectivity index (χ0) is 22.7. The molecule has 1 aromatic carbocycles. The summed E-state index contributed by atoms with van der Waals surface area (Å²) in [4.78, 5) is 30.1. The molecule has 7 heteroatoms. The second-order valence-electron chi connectivity index (χ2n) is 9.20. The average molecular weight is 457 g/mol. The number of hydrogen-bond donors (Lipinski definition) is 0. The van der Waals surface area contributed by atoms with Gasteiger partial charge in [0.25, 0.3) is 5.91 Å². The third-order valence-electron chi connectivity index (χ3n) is 6.78. The summed E-state index contributed by atoms with van der Waals surface area (Å²) in [6.45, 7) is 7.35. The van der Waals surface area contributed by atoms with Crippen LogP contribution in [0, 0.1) is 19.8 Å². The molecule has 0 saturated carbocycles. The molecule has 0 aliphatic carbocycles. The molecule has 0 radical (unpaired) electrons. The molecular formula is C25H33ClN4O2. The number of carbonyl (C=O) groups is 2. The molecule has 2 aliphatic heterocycles. The Morgan fingerprint density at radius 1 is 0.938 bits per heavy atom. The number of rotatable bonds is 4. The molecular weight excluding hydrogens is 424 g/mol. The number of amides is 2. The molecule has 2 saturated heterocycles. The molecule has 1 aromatic heterocycles. The lowest BCUT2D eigenvalue weighted by molar-refractivity contribution is -0.136. The van der Waals surface area contributed by atoms with E-state index in [9.17, 15) is 9.59 Å². The minimum Gasteiger partial charge on any atom is -0.342 e. The molecule has 4 rings (SSSR count). The van der Waals surface area contributed by atoms with Gasteiger partial charge in [0, 0.05) is 32.1 Å². The lowest BCUT2D eigenvalue weighted by atomic mass is 9.94. The number of likely N-dealkylation sites (tertiary alicyclic amines) is 2. The van der Waals surface area contributed by atoms with Crippen LogP contribution in [0.5, 0.6) is 0 Å². The van der Waals surface area contributed by atoms with Crippen LogP contribution >= 0.6 is 11.6 Å². The van der Waals surface area contributed by atoms with E-state index in [1.54, 1.807) is 4.68 Å². The highest BCUT2D eigenvalue weighted by molar-refractivity contribution is 6.33. The van der Waals surface area contributed by atoms with E-state index in [2.05, 4.69) is 36.3 Å². The lowest BCUT2D eigenvalue weighted by Gasteiger charge is -2.34. The maximum Gasteiger partial charge on any atom is 0.258 e. The van der Waals surface area contributed by atoms with E-state index in [0.717, 1.165) is 44.3 Å². The van der Waals surface area contributed by atoms with E-state index in [1.807, 2.05) is 16.7 Å². The summed E-state index contributed by atoms with van der Waals surface area (Å²) in [6, 6.07) is 8.22. The third-order valence-corrected chi connectivity index (χ3v) is 7.17. The molecule has 0 spiro atoms. The van der Waals surface area contributed by atoms with Gasteiger partial charge in [0.15, 0.2) is 0 Å². The van der Waals surface area contributed by atoms with Crippen molar-refractivity contribution in [2.75, 3.05) is 26.2 Å². The smallest absolute Gasteiger partial charge is 0.258 e. The number of hydrogen-bond acceptors (Lipinski definition) is 3. The number of carbonyl (C=O) groups excluding carboxylic acids is 2. The van der Waals surface area contributed by atoms with Crippen molar-refractivity contribution in [2.45, 2.75) is 58.9 Å². The van der Waals surface area contributed by atoms with Crippen molar-refractivity contribution in [3.05, 3.63) is 51.8 Å². The van der Waals surface area contributed by atoms with E-state index in [4.69, 9.17) is 11.6 Å². The Hall–Kier alpha value is -2.34. The lowest BCUT2D eigenvalue weighted by Crippen LogP contribution is -2.44. The fraction of sp³-hybridized carbons (Fsp3) is 0.560. The summed E-state index contributed by atoms with van der Waals surface area (Å²) in [5, 5.41) is 4.92.